The van der Waals surface area contributed by atoms with Crippen molar-refractivity contribution < 1.29 is 14.3 Å². The summed E-state index contributed by atoms with van der Waals surface area (Å²) in [4.78, 5) is 26.5. The van der Waals surface area contributed by atoms with Gasteiger partial charge in [-0.25, -0.2) is 4.79 Å². The highest BCUT2D eigenvalue weighted by Gasteiger charge is 2.28. The lowest BCUT2D eigenvalue weighted by Gasteiger charge is -2.33. The number of nitrogens with zero attached hydrogens (tertiary/aromatic N) is 1. The summed E-state index contributed by atoms with van der Waals surface area (Å²) < 4.78 is 5.45. The predicted octanol–water partition coefficient (Wildman–Crippen LogP) is 3.67. The Kier molecular flexibility index (Phi) is 5.63. The van der Waals surface area contributed by atoms with Crippen LogP contribution in [0.1, 0.15) is 74.7 Å². The molecule has 2 fully saturated rings. The zero-order valence-electron chi connectivity index (χ0n) is 16.6. The molecular weight excluding hydrogens is 342 g/mol. The Hall–Kier alpha value is -2.24. The van der Waals surface area contributed by atoms with Crippen molar-refractivity contribution in [1.82, 2.24) is 10.2 Å². The average molecular weight is 373 g/mol. The number of carbonyl (C=O) groups is 2. The number of nitrogen functional groups attached to an aromatic ring is 1. The van der Waals surface area contributed by atoms with Crippen LogP contribution in [0.25, 0.3) is 0 Å². The number of nitrogens with two attached hydrogens (primary N) is 1. The maximum atomic E-state index is 12.5. The van der Waals surface area contributed by atoms with Crippen molar-refractivity contribution in [3.05, 3.63) is 29.3 Å². The molecule has 0 aromatic heterocycles. The fourth-order valence-corrected chi connectivity index (χ4v) is 3.59. The van der Waals surface area contributed by atoms with Crippen molar-refractivity contribution in [3.63, 3.8) is 0 Å². The van der Waals surface area contributed by atoms with Gasteiger partial charge in [0.25, 0.3) is 5.91 Å². The van der Waals surface area contributed by atoms with Crippen molar-refractivity contribution in [3.8, 4) is 0 Å². The number of ether oxygens (including phenoxy) is 1. The molecule has 1 heterocycles. The van der Waals surface area contributed by atoms with Crippen LogP contribution in [0.15, 0.2) is 18.2 Å². The van der Waals surface area contributed by atoms with Crippen molar-refractivity contribution in [2.75, 3.05) is 18.8 Å². The van der Waals surface area contributed by atoms with Gasteiger partial charge in [0.05, 0.1) is 0 Å². The van der Waals surface area contributed by atoms with Gasteiger partial charge in [0.1, 0.15) is 5.60 Å². The van der Waals surface area contributed by atoms with Crippen molar-refractivity contribution in [2.45, 2.75) is 70.4 Å². The maximum Gasteiger partial charge on any atom is 0.410 e. The third-order valence-corrected chi connectivity index (χ3v) is 5.30. The number of anilines is 1. The van der Waals surface area contributed by atoms with Crippen LogP contribution in [0.5, 0.6) is 0 Å². The Morgan fingerprint density at radius 3 is 2.33 bits per heavy atom. The molecule has 2 amide bonds. The summed E-state index contributed by atoms with van der Waals surface area (Å²) in [7, 11) is 0. The molecule has 1 aliphatic heterocycles. The van der Waals surface area contributed by atoms with Gasteiger partial charge in [-0.1, -0.05) is 0 Å². The van der Waals surface area contributed by atoms with E-state index in [0.717, 1.165) is 31.2 Å². The Morgan fingerprint density at radius 2 is 1.78 bits per heavy atom. The lowest BCUT2D eigenvalue weighted by atomic mass is 9.88. The van der Waals surface area contributed by atoms with Crippen LogP contribution in [-0.2, 0) is 4.74 Å². The quantitative estimate of drug-likeness (QED) is 0.792. The SMILES string of the molecule is CC(C)(C)OC(=O)N1CCC(c2cc(N)cc(C(=O)NC3CCC3)c2)CC1. The molecule has 1 aromatic carbocycles. The molecule has 0 atom stereocenters. The number of amides is 2. The highest BCUT2D eigenvalue weighted by molar-refractivity contribution is 5.95. The summed E-state index contributed by atoms with van der Waals surface area (Å²) in [6.45, 7) is 6.93. The zero-order chi connectivity index (χ0) is 19.6. The van der Waals surface area contributed by atoms with Gasteiger partial charge in [-0.3, -0.25) is 4.79 Å². The van der Waals surface area contributed by atoms with Crippen molar-refractivity contribution >= 4 is 17.7 Å². The minimum absolute atomic E-state index is 0.0422. The maximum absolute atomic E-state index is 12.5. The van der Waals surface area contributed by atoms with Crippen LogP contribution in [0.4, 0.5) is 10.5 Å². The van der Waals surface area contributed by atoms with Crippen LogP contribution < -0.4 is 11.1 Å². The third-order valence-electron chi connectivity index (χ3n) is 5.30. The number of benzene rings is 1. The van der Waals surface area contributed by atoms with Gasteiger partial charge in [-0.2, -0.15) is 0 Å². The first-order chi connectivity index (χ1) is 12.7. The van der Waals surface area contributed by atoms with E-state index in [4.69, 9.17) is 10.5 Å². The Labute approximate surface area is 161 Å². The third kappa shape index (κ3) is 5.15. The molecule has 1 saturated carbocycles. The van der Waals surface area contributed by atoms with Crippen LogP contribution >= 0.6 is 0 Å². The number of nitrogens with one attached hydrogen (secondary N) is 1. The van der Waals surface area contributed by atoms with E-state index < -0.39 is 5.60 Å². The summed E-state index contributed by atoms with van der Waals surface area (Å²) in [5.74, 6) is 0.252. The van der Waals surface area contributed by atoms with Crippen LogP contribution in [-0.4, -0.2) is 41.6 Å². The summed E-state index contributed by atoms with van der Waals surface area (Å²) in [6.07, 6.45) is 4.73. The van der Waals surface area contributed by atoms with Gasteiger partial charge in [0.15, 0.2) is 0 Å². The smallest absolute Gasteiger partial charge is 0.410 e. The Morgan fingerprint density at radius 1 is 1.11 bits per heavy atom. The number of likely N-dealkylation sites (tertiary alicyclic amines) is 1. The molecule has 27 heavy (non-hydrogen) atoms. The molecule has 148 valence electrons. The fraction of sp³-hybridized carbons (Fsp3) is 0.619. The Balaban J connectivity index is 1.62. The topological polar surface area (TPSA) is 84.7 Å². The number of piperidine rings is 1. The zero-order valence-corrected chi connectivity index (χ0v) is 16.6. The van der Waals surface area contributed by atoms with Crippen LogP contribution in [0.2, 0.25) is 0 Å². The molecule has 0 unspecified atom stereocenters. The van der Waals surface area contributed by atoms with Gasteiger partial charge < -0.3 is 20.7 Å². The van der Waals surface area contributed by atoms with E-state index in [2.05, 4.69) is 5.32 Å². The predicted molar refractivity (Wildman–Crippen MR) is 106 cm³/mol. The minimum Gasteiger partial charge on any atom is -0.444 e. The largest absolute Gasteiger partial charge is 0.444 e. The van der Waals surface area contributed by atoms with E-state index in [0.29, 0.717) is 36.3 Å². The first-order valence-electron chi connectivity index (χ1n) is 9.90. The molecule has 1 saturated heterocycles. The van der Waals surface area contributed by atoms with Crippen LogP contribution in [0, 0.1) is 0 Å². The molecule has 3 N–H and O–H groups in total. The van der Waals surface area contributed by atoms with E-state index >= 15 is 0 Å². The van der Waals surface area contributed by atoms with Crippen molar-refractivity contribution in [1.29, 1.82) is 0 Å². The molecule has 1 aromatic rings. The van der Waals surface area contributed by atoms with E-state index in [-0.39, 0.29) is 12.0 Å². The average Bonchev–Trinajstić information content (AvgIpc) is 2.56. The molecule has 0 radical (unpaired) electrons. The summed E-state index contributed by atoms with van der Waals surface area (Å²) >= 11 is 0. The summed E-state index contributed by atoms with van der Waals surface area (Å²) in [5.41, 5.74) is 7.90. The standard InChI is InChI=1S/C21H31N3O3/c1-21(2,3)27-20(26)24-9-7-14(8-10-24)15-11-16(13-17(22)12-15)19(25)23-18-5-4-6-18/h11-14,18H,4-10,22H2,1-3H3,(H,23,25). The molecule has 1 aliphatic carbocycles. The van der Waals surface area contributed by atoms with Gasteiger partial charge in [0, 0.05) is 30.4 Å². The highest BCUT2D eigenvalue weighted by atomic mass is 16.6. The summed E-state index contributed by atoms with van der Waals surface area (Å²) in [6, 6.07) is 5.96. The summed E-state index contributed by atoms with van der Waals surface area (Å²) in [5, 5.41) is 3.07. The molecule has 0 spiro atoms. The van der Waals surface area contributed by atoms with Crippen molar-refractivity contribution in [2.24, 2.45) is 0 Å². The fourth-order valence-electron chi connectivity index (χ4n) is 3.59. The number of rotatable bonds is 3. The number of carbonyl (C=O) groups excluding carboxylic acids is 2. The second-order valence-corrected chi connectivity index (χ2v) is 8.73. The lowest BCUT2D eigenvalue weighted by Crippen LogP contribution is -2.41. The monoisotopic (exact) mass is 373 g/mol. The second-order valence-electron chi connectivity index (χ2n) is 8.73. The van der Waals surface area contributed by atoms with E-state index in [1.165, 1.54) is 6.42 Å². The number of hydrogen-bond donors (Lipinski definition) is 2. The van der Waals surface area contributed by atoms with Gasteiger partial charge in [0.2, 0.25) is 0 Å². The lowest BCUT2D eigenvalue weighted by molar-refractivity contribution is 0.0205. The van der Waals surface area contributed by atoms with Gasteiger partial charge in [-0.05, 0) is 82.6 Å². The first kappa shape index (κ1) is 19.5. The highest BCUT2D eigenvalue weighted by Crippen LogP contribution is 2.31. The van der Waals surface area contributed by atoms with Gasteiger partial charge in [-0.15, -0.1) is 0 Å². The van der Waals surface area contributed by atoms with E-state index in [9.17, 15) is 9.59 Å². The molecule has 0 bridgehead atoms. The normalized spacial score (nSPS) is 18.7. The van der Waals surface area contributed by atoms with E-state index in [1.54, 1.807) is 11.0 Å². The molecule has 6 heteroatoms. The second kappa shape index (κ2) is 7.79. The minimum atomic E-state index is -0.482. The van der Waals surface area contributed by atoms with Crippen LogP contribution in [0.3, 0.4) is 0 Å². The molecule has 2 aliphatic rings. The number of hydrogen-bond acceptors (Lipinski definition) is 4. The molecule has 6 nitrogen and oxygen atoms in total. The molecular formula is C21H31N3O3. The Bertz CT molecular complexity index is 699. The van der Waals surface area contributed by atoms with Gasteiger partial charge >= 0.3 is 6.09 Å². The molecule has 3 rings (SSSR count). The first-order valence-corrected chi connectivity index (χ1v) is 9.90. The van der Waals surface area contributed by atoms with E-state index in [1.807, 2.05) is 32.9 Å².